The minimum Gasteiger partial charge on any atom is -0.466 e. The van der Waals surface area contributed by atoms with E-state index in [1.54, 1.807) is 0 Å². The van der Waals surface area contributed by atoms with E-state index in [4.69, 9.17) is 14.2 Å². The molecule has 34 heavy (non-hydrogen) atoms. The quantitative estimate of drug-likeness (QED) is 0.115. The molecule has 0 fully saturated rings. The SMILES string of the molecule is CCCCCCCCC(OCCCCC(C)(C)C(=O)OCCCCCC)C(C)(C)C(=O)OCC. The molecular weight excluding hydrogens is 428 g/mol. The number of rotatable bonds is 22. The van der Waals surface area contributed by atoms with Crippen molar-refractivity contribution in [1.82, 2.24) is 0 Å². The molecular formula is C29H56O5. The Bertz CT molecular complexity index is 527. The van der Waals surface area contributed by atoms with E-state index in [-0.39, 0.29) is 18.0 Å². The predicted octanol–water partition coefficient (Wildman–Crippen LogP) is 8.03. The maximum Gasteiger partial charge on any atom is 0.314 e. The molecule has 0 aliphatic carbocycles. The minimum absolute atomic E-state index is 0.102. The molecule has 5 nitrogen and oxygen atoms in total. The van der Waals surface area contributed by atoms with Gasteiger partial charge in [-0.25, -0.2) is 0 Å². The van der Waals surface area contributed by atoms with Crippen LogP contribution >= 0.6 is 0 Å². The topological polar surface area (TPSA) is 61.8 Å². The second kappa shape index (κ2) is 19.1. The molecule has 202 valence electrons. The van der Waals surface area contributed by atoms with Crippen molar-refractivity contribution in [1.29, 1.82) is 0 Å². The molecule has 0 bridgehead atoms. The summed E-state index contributed by atoms with van der Waals surface area (Å²) >= 11 is 0. The summed E-state index contributed by atoms with van der Waals surface area (Å²) in [6.07, 6.45) is 15.0. The van der Waals surface area contributed by atoms with Gasteiger partial charge in [-0.05, 0) is 60.3 Å². The van der Waals surface area contributed by atoms with Crippen LogP contribution in [0.25, 0.3) is 0 Å². The van der Waals surface area contributed by atoms with Crippen molar-refractivity contribution >= 4 is 11.9 Å². The van der Waals surface area contributed by atoms with Crippen LogP contribution in [0.3, 0.4) is 0 Å². The Kier molecular flexibility index (Phi) is 18.5. The number of ether oxygens (including phenoxy) is 3. The van der Waals surface area contributed by atoms with Crippen LogP contribution < -0.4 is 0 Å². The van der Waals surface area contributed by atoms with Gasteiger partial charge in [0.25, 0.3) is 0 Å². The summed E-state index contributed by atoms with van der Waals surface area (Å²) < 4.78 is 17.1. The van der Waals surface area contributed by atoms with Crippen LogP contribution in [-0.4, -0.2) is 37.9 Å². The Balaban J connectivity index is 4.51. The van der Waals surface area contributed by atoms with Crippen LogP contribution in [0, 0.1) is 10.8 Å². The highest BCUT2D eigenvalue weighted by atomic mass is 16.5. The number of unbranched alkanes of at least 4 members (excludes halogenated alkanes) is 9. The highest BCUT2D eigenvalue weighted by molar-refractivity contribution is 5.76. The van der Waals surface area contributed by atoms with Gasteiger partial charge in [0, 0.05) is 6.61 Å². The number of carbonyl (C=O) groups is 2. The Labute approximate surface area is 211 Å². The smallest absolute Gasteiger partial charge is 0.314 e. The molecule has 0 heterocycles. The van der Waals surface area contributed by atoms with E-state index in [0.717, 1.165) is 44.9 Å². The Morgan fingerprint density at radius 3 is 1.82 bits per heavy atom. The molecule has 1 unspecified atom stereocenters. The molecule has 0 rings (SSSR count). The van der Waals surface area contributed by atoms with Crippen molar-refractivity contribution in [2.45, 2.75) is 144 Å². The molecule has 0 aliphatic rings. The molecule has 0 N–H and O–H groups in total. The molecule has 0 spiro atoms. The highest BCUT2D eigenvalue weighted by Crippen LogP contribution is 2.30. The second-order valence-electron chi connectivity index (χ2n) is 10.9. The van der Waals surface area contributed by atoms with E-state index in [2.05, 4.69) is 13.8 Å². The van der Waals surface area contributed by atoms with Gasteiger partial charge in [0.2, 0.25) is 0 Å². The summed E-state index contributed by atoms with van der Waals surface area (Å²) in [4.78, 5) is 25.0. The lowest BCUT2D eigenvalue weighted by atomic mass is 9.83. The number of esters is 2. The summed E-state index contributed by atoms with van der Waals surface area (Å²) in [5.74, 6) is -0.289. The molecule has 0 aromatic heterocycles. The van der Waals surface area contributed by atoms with Crippen LogP contribution in [0.1, 0.15) is 138 Å². The van der Waals surface area contributed by atoms with Crippen LogP contribution in [0.15, 0.2) is 0 Å². The summed E-state index contributed by atoms with van der Waals surface area (Å²) in [5, 5.41) is 0. The molecule has 0 radical (unpaired) electrons. The third-order valence-electron chi connectivity index (χ3n) is 6.73. The average Bonchev–Trinajstić information content (AvgIpc) is 2.79. The van der Waals surface area contributed by atoms with Crippen molar-refractivity contribution in [3.05, 3.63) is 0 Å². The third kappa shape index (κ3) is 14.3. The largest absolute Gasteiger partial charge is 0.466 e. The molecule has 0 aromatic rings. The molecule has 0 amide bonds. The van der Waals surface area contributed by atoms with Gasteiger partial charge in [-0.3, -0.25) is 9.59 Å². The van der Waals surface area contributed by atoms with Gasteiger partial charge >= 0.3 is 11.9 Å². The first kappa shape index (κ1) is 32.9. The van der Waals surface area contributed by atoms with Crippen molar-refractivity contribution in [3.63, 3.8) is 0 Å². The van der Waals surface area contributed by atoms with E-state index in [0.29, 0.717) is 19.8 Å². The maximum absolute atomic E-state index is 12.6. The second-order valence-corrected chi connectivity index (χ2v) is 10.9. The normalized spacial score (nSPS) is 13.0. The van der Waals surface area contributed by atoms with Gasteiger partial charge in [0.05, 0.1) is 30.1 Å². The fraction of sp³-hybridized carbons (Fsp3) is 0.931. The van der Waals surface area contributed by atoms with Gasteiger partial charge in [-0.15, -0.1) is 0 Å². The lowest BCUT2D eigenvalue weighted by Crippen LogP contribution is -2.40. The average molecular weight is 485 g/mol. The van der Waals surface area contributed by atoms with Crippen LogP contribution in [0.2, 0.25) is 0 Å². The lowest BCUT2D eigenvalue weighted by Gasteiger charge is -2.32. The Morgan fingerprint density at radius 2 is 1.21 bits per heavy atom. The van der Waals surface area contributed by atoms with Gasteiger partial charge < -0.3 is 14.2 Å². The van der Waals surface area contributed by atoms with E-state index in [1.165, 1.54) is 44.9 Å². The van der Waals surface area contributed by atoms with Crippen LogP contribution in [-0.2, 0) is 23.8 Å². The van der Waals surface area contributed by atoms with E-state index < -0.39 is 10.8 Å². The van der Waals surface area contributed by atoms with E-state index >= 15 is 0 Å². The fourth-order valence-corrected chi connectivity index (χ4v) is 4.10. The van der Waals surface area contributed by atoms with Gasteiger partial charge in [-0.2, -0.15) is 0 Å². The molecule has 1 atom stereocenters. The van der Waals surface area contributed by atoms with Crippen LogP contribution in [0.5, 0.6) is 0 Å². The van der Waals surface area contributed by atoms with Gasteiger partial charge in [-0.1, -0.05) is 78.1 Å². The van der Waals surface area contributed by atoms with Crippen molar-refractivity contribution < 1.29 is 23.8 Å². The molecule has 0 aliphatic heterocycles. The van der Waals surface area contributed by atoms with Gasteiger partial charge in [0.1, 0.15) is 0 Å². The van der Waals surface area contributed by atoms with Crippen molar-refractivity contribution in [3.8, 4) is 0 Å². The first-order valence-corrected chi connectivity index (χ1v) is 14.1. The summed E-state index contributed by atoms with van der Waals surface area (Å²) in [6, 6.07) is 0. The zero-order valence-electron chi connectivity index (χ0n) is 23.6. The third-order valence-corrected chi connectivity index (χ3v) is 6.73. The first-order valence-electron chi connectivity index (χ1n) is 14.1. The fourth-order valence-electron chi connectivity index (χ4n) is 4.10. The number of hydrogen-bond acceptors (Lipinski definition) is 5. The standard InChI is InChI=1S/C29H56O5/c1-8-11-13-15-16-17-21-25(29(6,7)27(31)32-10-3)33-23-20-18-22-28(4,5)26(30)34-24-19-14-12-9-2/h25H,8-24H2,1-7H3. The maximum atomic E-state index is 12.6. The molecule has 0 saturated carbocycles. The zero-order valence-corrected chi connectivity index (χ0v) is 23.6. The van der Waals surface area contributed by atoms with Crippen molar-refractivity contribution in [2.24, 2.45) is 10.8 Å². The van der Waals surface area contributed by atoms with E-state index in [9.17, 15) is 9.59 Å². The predicted molar refractivity (Wildman–Crippen MR) is 141 cm³/mol. The number of carbonyl (C=O) groups excluding carboxylic acids is 2. The minimum atomic E-state index is -0.666. The molecule has 0 aromatic carbocycles. The summed E-state index contributed by atoms with van der Waals surface area (Å²) in [6.45, 7) is 15.5. The lowest BCUT2D eigenvalue weighted by molar-refractivity contribution is -0.163. The Morgan fingerprint density at radius 1 is 0.647 bits per heavy atom. The molecule has 5 heteroatoms. The monoisotopic (exact) mass is 484 g/mol. The highest BCUT2D eigenvalue weighted by Gasteiger charge is 2.38. The van der Waals surface area contributed by atoms with Gasteiger partial charge in [0.15, 0.2) is 0 Å². The Hall–Kier alpha value is -1.10. The number of hydrogen-bond donors (Lipinski definition) is 0. The zero-order chi connectivity index (χ0) is 25.9. The van der Waals surface area contributed by atoms with Crippen LogP contribution in [0.4, 0.5) is 0 Å². The van der Waals surface area contributed by atoms with E-state index in [1.807, 2.05) is 34.6 Å². The summed E-state index contributed by atoms with van der Waals surface area (Å²) in [5.41, 5.74) is -1.15. The first-order chi connectivity index (χ1) is 16.1. The van der Waals surface area contributed by atoms with Crippen molar-refractivity contribution in [2.75, 3.05) is 19.8 Å². The molecule has 0 saturated heterocycles. The summed E-state index contributed by atoms with van der Waals surface area (Å²) in [7, 11) is 0.